The lowest BCUT2D eigenvalue weighted by Gasteiger charge is -2.32. The number of esters is 1. The van der Waals surface area contributed by atoms with Crippen LogP contribution in [0.15, 0.2) is 67.0 Å². The van der Waals surface area contributed by atoms with E-state index in [9.17, 15) is 33.6 Å². The topological polar surface area (TPSA) is 265 Å². The zero-order chi connectivity index (χ0) is 57.9. The number of aromatic nitrogens is 6. The van der Waals surface area contributed by atoms with Crippen molar-refractivity contribution in [3.63, 3.8) is 0 Å². The fourth-order valence-electron chi connectivity index (χ4n) is 11.3. The normalized spacial score (nSPS) is 15.1. The molecule has 0 aliphatic carbocycles. The minimum absolute atomic E-state index is 0.0506. The number of ether oxygens (including phenoxy) is 1. The number of halogens is 1. The largest absolute Gasteiger partial charge is 0.468 e. The van der Waals surface area contributed by atoms with Crippen molar-refractivity contribution in [2.75, 3.05) is 83.3 Å². The molecule has 3 saturated heterocycles. The number of piperidine rings is 3. The number of methoxy groups -OCH3 is 1. The maximum Gasteiger partial charge on any atom is 0.325 e. The molecule has 22 nitrogen and oxygen atoms in total. The summed E-state index contributed by atoms with van der Waals surface area (Å²) in [5.41, 5.74) is 10.6. The molecule has 0 saturated carbocycles. The zero-order valence-corrected chi connectivity index (χ0v) is 47.0. The van der Waals surface area contributed by atoms with E-state index >= 15 is 4.39 Å². The van der Waals surface area contributed by atoms with Crippen LogP contribution in [0, 0.1) is 5.82 Å². The van der Waals surface area contributed by atoms with Crippen molar-refractivity contribution in [3.05, 3.63) is 89.8 Å². The molecule has 3 aliphatic rings. The lowest BCUT2D eigenvalue weighted by atomic mass is 9.88. The first-order valence-corrected chi connectivity index (χ1v) is 28.4. The molecule has 3 aromatic heterocycles. The highest BCUT2D eigenvalue weighted by Gasteiger charge is 2.31. The van der Waals surface area contributed by atoms with Crippen LogP contribution >= 0.6 is 0 Å². The van der Waals surface area contributed by atoms with Gasteiger partial charge in [-0.25, -0.2) is 14.4 Å². The number of likely N-dealkylation sites (N-methyl/N-ethyl adjacent to an activating group) is 1. The molecule has 3 fully saturated rings. The first-order valence-electron chi connectivity index (χ1n) is 28.4. The van der Waals surface area contributed by atoms with Crippen molar-refractivity contribution >= 4 is 80.5 Å². The standard InChI is InChI=1S/C59H73FN14O8/c1-69(36-50(76)63-35-54(80)82-3)53(79)37-74-46-12-10-11-43(44-32-47-41(31-45(44)60)33-65-70(47)2)55(46)56(68-74)40-22-29-73(30-23-40)52(78)19-18-49(75)62-24-7-4-6-13-51(77)72-27-20-39(21-28-72)38-14-16-42(17-15-38)66-59-57(58(61)81)64-34-48(67-59)71-25-8-5-9-26-71/h10-12,14-17,31-34,39-40H,4-9,13,18-30,35-37H2,1-3H3,(H2,61,81)(H,62,75)(H,63,76)(H,66,67). The molecule has 3 aromatic carbocycles. The Morgan fingerprint density at radius 2 is 1.48 bits per heavy atom. The Bertz CT molecular complexity index is 3310. The van der Waals surface area contributed by atoms with E-state index < -0.39 is 29.5 Å². The van der Waals surface area contributed by atoms with Gasteiger partial charge in [0.25, 0.3) is 5.91 Å². The number of likely N-dealkylation sites (tertiary alicyclic amines) is 2. The first-order chi connectivity index (χ1) is 39.6. The van der Waals surface area contributed by atoms with Gasteiger partial charge in [0.05, 0.1) is 42.8 Å². The van der Waals surface area contributed by atoms with Crippen LogP contribution in [0.1, 0.15) is 117 Å². The van der Waals surface area contributed by atoms with Crippen molar-refractivity contribution in [2.24, 2.45) is 12.8 Å². The summed E-state index contributed by atoms with van der Waals surface area (Å²) >= 11 is 0. The average molecular weight is 1130 g/mol. The van der Waals surface area contributed by atoms with Crippen LogP contribution in [0.3, 0.4) is 0 Å². The summed E-state index contributed by atoms with van der Waals surface area (Å²) < 4.78 is 23.8. The Morgan fingerprint density at radius 3 is 2.18 bits per heavy atom. The number of carbonyl (C=O) groups is 7. The molecule has 5 N–H and O–H groups in total. The predicted molar refractivity (Wildman–Crippen MR) is 306 cm³/mol. The van der Waals surface area contributed by atoms with E-state index in [0.29, 0.717) is 110 Å². The molecular formula is C59H73FN14O8. The number of amides is 6. The third-order valence-electron chi connectivity index (χ3n) is 16.0. The maximum absolute atomic E-state index is 16.0. The highest BCUT2D eigenvalue weighted by molar-refractivity contribution is 6.00. The number of nitrogens with zero attached hydrogens (tertiary/aromatic N) is 10. The highest BCUT2D eigenvalue weighted by atomic mass is 19.1. The van der Waals surface area contributed by atoms with E-state index in [2.05, 4.69) is 47.8 Å². The molecule has 6 aromatic rings. The van der Waals surface area contributed by atoms with Gasteiger partial charge in [0.15, 0.2) is 11.5 Å². The van der Waals surface area contributed by atoms with Gasteiger partial charge in [0.1, 0.15) is 24.7 Å². The minimum atomic E-state index is -0.646. The number of nitrogens with two attached hydrogens (primary N) is 1. The van der Waals surface area contributed by atoms with E-state index in [4.69, 9.17) is 15.8 Å². The zero-order valence-electron chi connectivity index (χ0n) is 47.0. The van der Waals surface area contributed by atoms with Gasteiger partial charge in [-0.15, -0.1) is 0 Å². The summed E-state index contributed by atoms with van der Waals surface area (Å²) in [4.78, 5) is 106. The molecule has 3 aliphatic heterocycles. The van der Waals surface area contributed by atoms with E-state index in [-0.39, 0.29) is 61.8 Å². The quantitative estimate of drug-likeness (QED) is 0.0472. The molecule has 0 unspecified atom stereocenters. The van der Waals surface area contributed by atoms with Crippen molar-refractivity contribution in [1.29, 1.82) is 0 Å². The van der Waals surface area contributed by atoms with Gasteiger partial charge in [-0.05, 0) is 105 Å². The van der Waals surface area contributed by atoms with Gasteiger partial charge in [-0.1, -0.05) is 30.7 Å². The molecule has 434 valence electrons. The third kappa shape index (κ3) is 14.1. The number of fused-ring (bicyclic) bond motifs is 2. The van der Waals surface area contributed by atoms with E-state index in [1.54, 1.807) is 45.8 Å². The Balaban J connectivity index is 0.702. The van der Waals surface area contributed by atoms with E-state index in [1.807, 2.05) is 29.2 Å². The number of rotatable bonds is 22. The Hall–Kier alpha value is -8.50. The molecule has 0 bridgehead atoms. The van der Waals surface area contributed by atoms with Crippen molar-refractivity contribution in [3.8, 4) is 11.1 Å². The van der Waals surface area contributed by atoms with Gasteiger partial charge in [-0.3, -0.25) is 42.9 Å². The number of nitrogens with one attached hydrogen (secondary N) is 3. The number of unbranched alkanes of at least 4 members (excludes halogenated alkanes) is 2. The number of anilines is 3. The van der Waals surface area contributed by atoms with Crippen LogP contribution in [0.4, 0.5) is 21.7 Å². The fourth-order valence-corrected chi connectivity index (χ4v) is 11.3. The molecule has 9 rings (SSSR count). The van der Waals surface area contributed by atoms with Crippen molar-refractivity contribution in [1.82, 2.24) is 54.9 Å². The second kappa shape index (κ2) is 26.8. The van der Waals surface area contributed by atoms with Crippen LogP contribution < -0.4 is 26.6 Å². The molecular weight excluding hydrogens is 1050 g/mol. The second-order valence-corrected chi connectivity index (χ2v) is 21.6. The summed E-state index contributed by atoms with van der Waals surface area (Å²) in [6.45, 7) is 3.58. The summed E-state index contributed by atoms with van der Waals surface area (Å²) in [7, 11) is 4.47. The number of carbonyl (C=O) groups excluding carboxylic acids is 7. The molecule has 23 heteroatoms. The lowest BCUT2D eigenvalue weighted by molar-refractivity contribution is -0.141. The molecule has 82 heavy (non-hydrogen) atoms. The second-order valence-electron chi connectivity index (χ2n) is 21.6. The SMILES string of the molecule is COC(=O)CNC(=O)CN(C)C(=O)Cn1nc(C2CCN(C(=O)CCC(=O)NCCCCCC(=O)N3CCC(c4ccc(Nc5nc(N6CCCCC6)cnc5C(N)=O)cc4)CC3)CC2)c2c(-c3cc4c(cnn4C)cc3F)cccc21. The van der Waals surface area contributed by atoms with Gasteiger partial charge in [0, 0.05) is 107 Å². The molecule has 0 spiro atoms. The number of hydrogen-bond donors (Lipinski definition) is 4. The molecule has 0 atom stereocenters. The Kier molecular flexibility index (Phi) is 19.0. The van der Waals surface area contributed by atoms with Gasteiger partial charge < -0.3 is 46.0 Å². The smallest absolute Gasteiger partial charge is 0.325 e. The van der Waals surface area contributed by atoms with E-state index in [0.717, 1.165) is 62.2 Å². The van der Waals surface area contributed by atoms with Crippen molar-refractivity contribution in [2.45, 2.75) is 102 Å². The number of benzene rings is 3. The summed E-state index contributed by atoms with van der Waals surface area (Å²) in [6.07, 6.45) is 12.1. The van der Waals surface area contributed by atoms with Crippen LogP contribution in [0.2, 0.25) is 0 Å². The van der Waals surface area contributed by atoms with Gasteiger partial charge in [-0.2, -0.15) is 10.2 Å². The summed E-state index contributed by atoms with van der Waals surface area (Å²) in [5, 5.41) is 19.2. The van der Waals surface area contributed by atoms with Crippen molar-refractivity contribution < 1.29 is 42.7 Å². The third-order valence-corrected chi connectivity index (χ3v) is 16.0. The number of primary amides is 1. The Morgan fingerprint density at radius 1 is 0.768 bits per heavy atom. The number of hydrogen-bond acceptors (Lipinski definition) is 14. The fraction of sp³-hybridized carbons (Fsp3) is 0.475. The summed E-state index contributed by atoms with van der Waals surface area (Å²) in [5.74, 6) is -1.65. The molecule has 6 amide bonds. The Labute approximate surface area is 475 Å². The summed E-state index contributed by atoms with van der Waals surface area (Å²) in [6, 6.07) is 16.7. The lowest BCUT2D eigenvalue weighted by Crippen LogP contribution is -2.41. The number of aryl methyl sites for hydroxylation is 1. The molecule has 6 heterocycles. The van der Waals surface area contributed by atoms with E-state index in [1.165, 1.54) is 37.1 Å². The van der Waals surface area contributed by atoms with Crippen LogP contribution in [0.25, 0.3) is 32.9 Å². The monoisotopic (exact) mass is 1120 g/mol. The average Bonchev–Trinajstić information content (AvgIpc) is 3.26. The first kappa shape index (κ1) is 58.2. The van der Waals surface area contributed by atoms with Crippen LogP contribution in [0.5, 0.6) is 0 Å². The predicted octanol–water partition coefficient (Wildman–Crippen LogP) is 5.67. The minimum Gasteiger partial charge on any atom is -0.468 e. The van der Waals surface area contributed by atoms with Crippen LogP contribution in [-0.4, -0.2) is 159 Å². The van der Waals surface area contributed by atoms with Crippen LogP contribution in [-0.2, 0) is 47.1 Å². The highest BCUT2D eigenvalue weighted by Crippen LogP contribution is 2.40. The van der Waals surface area contributed by atoms with Gasteiger partial charge in [0.2, 0.25) is 29.5 Å². The molecule has 0 radical (unpaired) electrons. The maximum atomic E-state index is 16.0. The van der Waals surface area contributed by atoms with Gasteiger partial charge >= 0.3 is 5.97 Å².